The van der Waals surface area contributed by atoms with E-state index < -0.39 is 10.7 Å². The van der Waals surface area contributed by atoms with Crippen molar-refractivity contribution in [2.75, 3.05) is 10.7 Å². The van der Waals surface area contributed by atoms with Gasteiger partial charge < -0.3 is 5.32 Å². The molecule has 0 aliphatic rings. The summed E-state index contributed by atoms with van der Waals surface area (Å²) < 4.78 is 13.5. The summed E-state index contributed by atoms with van der Waals surface area (Å²) in [5.74, 6) is 4.39. The monoisotopic (exact) mass is 264 g/mol. The Hall–Kier alpha value is -2.81. The van der Waals surface area contributed by atoms with Crippen molar-refractivity contribution >= 4 is 23.1 Å². The average molecular weight is 264 g/mol. The molecule has 0 unspecified atom stereocenters. The number of hydrazine groups is 1. The lowest BCUT2D eigenvalue weighted by molar-refractivity contribution is -0.384. The van der Waals surface area contributed by atoms with Crippen LogP contribution in [0.25, 0.3) is 0 Å². The van der Waals surface area contributed by atoms with Crippen LogP contribution in [0.3, 0.4) is 0 Å². The summed E-state index contributed by atoms with van der Waals surface area (Å²) >= 11 is 0. The number of rotatable bonds is 4. The van der Waals surface area contributed by atoms with Crippen LogP contribution < -0.4 is 16.6 Å². The van der Waals surface area contributed by atoms with Crippen molar-refractivity contribution < 1.29 is 9.31 Å². The van der Waals surface area contributed by atoms with Crippen molar-refractivity contribution in [2.24, 2.45) is 5.84 Å². The van der Waals surface area contributed by atoms with Gasteiger partial charge in [0.2, 0.25) is 11.8 Å². The number of hydrogen-bond acceptors (Lipinski definition) is 7. The zero-order valence-corrected chi connectivity index (χ0v) is 9.50. The lowest BCUT2D eigenvalue weighted by Crippen LogP contribution is -2.12. The van der Waals surface area contributed by atoms with E-state index in [-0.39, 0.29) is 23.1 Å². The molecule has 9 heteroatoms. The molecule has 1 heterocycles. The van der Waals surface area contributed by atoms with Gasteiger partial charge in [0.1, 0.15) is 12.0 Å². The quantitative estimate of drug-likeness (QED) is 0.435. The van der Waals surface area contributed by atoms with E-state index in [0.29, 0.717) is 0 Å². The minimum Gasteiger partial charge on any atom is -0.332 e. The lowest BCUT2D eigenvalue weighted by Gasteiger charge is -2.07. The van der Waals surface area contributed by atoms with Gasteiger partial charge in [-0.15, -0.1) is 0 Å². The molecule has 1 aromatic heterocycles. The fraction of sp³-hybridized carbons (Fsp3) is 0. The first-order valence-electron chi connectivity index (χ1n) is 5.11. The number of para-hydroxylation sites is 1. The Balaban J connectivity index is 2.43. The Kier molecular flexibility index (Phi) is 3.48. The highest BCUT2D eigenvalue weighted by Crippen LogP contribution is 2.26. The molecule has 8 nitrogen and oxygen atoms in total. The Morgan fingerprint density at radius 3 is 2.74 bits per heavy atom. The van der Waals surface area contributed by atoms with Gasteiger partial charge in [0.15, 0.2) is 0 Å². The zero-order valence-electron chi connectivity index (χ0n) is 9.50. The Morgan fingerprint density at radius 2 is 2.11 bits per heavy atom. The molecule has 4 N–H and O–H groups in total. The Bertz CT molecular complexity index is 621. The number of benzene rings is 1. The number of aromatic nitrogens is 2. The van der Waals surface area contributed by atoms with E-state index in [1.165, 1.54) is 18.2 Å². The highest BCUT2D eigenvalue weighted by atomic mass is 19.1. The summed E-state index contributed by atoms with van der Waals surface area (Å²) in [4.78, 5) is 17.6. The van der Waals surface area contributed by atoms with Crippen molar-refractivity contribution in [3.05, 3.63) is 46.4 Å². The maximum absolute atomic E-state index is 13.5. The second-order valence-corrected chi connectivity index (χ2v) is 3.43. The van der Waals surface area contributed by atoms with Crippen molar-refractivity contribution in [1.82, 2.24) is 9.97 Å². The van der Waals surface area contributed by atoms with Gasteiger partial charge in [-0.25, -0.2) is 15.2 Å². The second-order valence-electron chi connectivity index (χ2n) is 3.43. The Labute approximate surface area is 106 Å². The van der Waals surface area contributed by atoms with Crippen LogP contribution in [0.15, 0.2) is 30.5 Å². The molecule has 98 valence electrons. The molecule has 0 saturated carbocycles. The zero-order chi connectivity index (χ0) is 13.8. The van der Waals surface area contributed by atoms with Gasteiger partial charge in [0, 0.05) is 0 Å². The molecule has 0 amide bonds. The molecule has 0 aliphatic heterocycles. The second kappa shape index (κ2) is 5.23. The van der Waals surface area contributed by atoms with Crippen LogP contribution in [-0.4, -0.2) is 14.9 Å². The first-order valence-corrected chi connectivity index (χ1v) is 5.11. The topological polar surface area (TPSA) is 119 Å². The highest BCUT2D eigenvalue weighted by Gasteiger charge is 2.18. The largest absolute Gasteiger partial charge is 0.332 e. The molecule has 0 saturated heterocycles. The summed E-state index contributed by atoms with van der Waals surface area (Å²) in [6.45, 7) is 0. The smallest absolute Gasteiger partial charge is 0.329 e. The minimum absolute atomic E-state index is 0.0237. The minimum atomic E-state index is -0.677. The van der Waals surface area contributed by atoms with E-state index in [4.69, 9.17) is 5.84 Å². The fourth-order valence-electron chi connectivity index (χ4n) is 1.36. The summed E-state index contributed by atoms with van der Waals surface area (Å²) in [6.07, 6.45) is 0.978. The van der Waals surface area contributed by atoms with E-state index in [0.717, 1.165) is 6.20 Å². The summed E-state index contributed by atoms with van der Waals surface area (Å²) in [7, 11) is 0. The van der Waals surface area contributed by atoms with E-state index in [1.54, 1.807) is 6.07 Å². The summed E-state index contributed by atoms with van der Waals surface area (Å²) in [5, 5.41) is 13.4. The molecule has 0 aliphatic carbocycles. The maximum atomic E-state index is 13.5. The SMILES string of the molecule is NNc1ncc([N+](=O)[O-])c(Nc2ccccc2F)n1. The predicted molar refractivity (Wildman–Crippen MR) is 66.2 cm³/mol. The molecular weight excluding hydrogens is 255 g/mol. The highest BCUT2D eigenvalue weighted by molar-refractivity contribution is 5.66. The van der Waals surface area contributed by atoms with Crippen molar-refractivity contribution in [2.45, 2.75) is 0 Å². The molecule has 19 heavy (non-hydrogen) atoms. The molecule has 0 spiro atoms. The van der Waals surface area contributed by atoms with E-state index in [9.17, 15) is 14.5 Å². The van der Waals surface area contributed by atoms with Gasteiger partial charge in [-0.1, -0.05) is 12.1 Å². The number of anilines is 3. The van der Waals surface area contributed by atoms with Gasteiger partial charge in [0.05, 0.1) is 10.6 Å². The van der Waals surface area contributed by atoms with Crippen LogP contribution in [0.2, 0.25) is 0 Å². The summed E-state index contributed by atoms with van der Waals surface area (Å²) in [6, 6.07) is 5.73. The van der Waals surface area contributed by atoms with Gasteiger partial charge in [-0.3, -0.25) is 15.5 Å². The normalized spacial score (nSPS) is 10.0. The predicted octanol–water partition coefficient (Wildman–Crippen LogP) is 1.55. The average Bonchev–Trinajstić information content (AvgIpc) is 2.41. The summed E-state index contributed by atoms with van der Waals surface area (Å²) in [5.41, 5.74) is 1.83. The number of nitrogens with two attached hydrogens (primary N) is 1. The molecule has 2 rings (SSSR count). The van der Waals surface area contributed by atoms with Crippen LogP contribution in [0.1, 0.15) is 0 Å². The third-order valence-electron chi connectivity index (χ3n) is 2.22. The number of nitro groups is 1. The molecular formula is C10H9FN6O2. The Morgan fingerprint density at radius 1 is 1.37 bits per heavy atom. The number of halogens is 1. The molecule has 2 aromatic rings. The van der Waals surface area contributed by atoms with Gasteiger partial charge in [-0.05, 0) is 12.1 Å². The number of nitrogens with zero attached hydrogens (tertiary/aromatic N) is 3. The van der Waals surface area contributed by atoms with Gasteiger partial charge >= 0.3 is 5.69 Å². The van der Waals surface area contributed by atoms with E-state index >= 15 is 0 Å². The standard InChI is InChI=1S/C10H9FN6O2/c11-6-3-1-2-4-7(6)14-9-8(17(18)19)5-13-10(15-9)16-12/h1-5H,12H2,(H2,13,14,15,16). The van der Waals surface area contributed by atoms with E-state index in [1.807, 2.05) is 0 Å². The first-order chi connectivity index (χ1) is 9.11. The molecule has 0 atom stereocenters. The van der Waals surface area contributed by atoms with Crippen LogP contribution in [-0.2, 0) is 0 Å². The fourth-order valence-corrected chi connectivity index (χ4v) is 1.36. The molecule has 1 aromatic carbocycles. The number of hydrogen-bond donors (Lipinski definition) is 3. The maximum Gasteiger partial charge on any atom is 0.329 e. The van der Waals surface area contributed by atoms with Crippen molar-refractivity contribution in [1.29, 1.82) is 0 Å². The molecule has 0 radical (unpaired) electrons. The molecule has 0 bridgehead atoms. The van der Waals surface area contributed by atoms with Gasteiger partial charge in [-0.2, -0.15) is 4.98 Å². The first kappa shape index (κ1) is 12.6. The van der Waals surface area contributed by atoms with Crippen LogP contribution >= 0.6 is 0 Å². The van der Waals surface area contributed by atoms with Crippen molar-refractivity contribution in [3.8, 4) is 0 Å². The number of nitrogen functional groups attached to an aromatic ring is 1. The number of nitrogens with one attached hydrogen (secondary N) is 2. The third-order valence-corrected chi connectivity index (χ3v) is 2.22. The van der Waals surface area contributed by atoms with E-state index in [2.05, 4.69) is 20.7 Å². The lowest BCUT2D eigenvalue weighted by atomic mass is 10.3. The van der Waals surface area contributed by atoms with Crippen LogP contribution in [0.4, 0.5) is 27.5 Å². The van der Waals surface area contributed by atoms with Gasteiger partial charge in [0.25, 0.3) is 0 Å². The van der Waals surface area contributed by atoms with Crippen LogP contribution in [0, 0.1) is 15.9 Å². The van der Waals surface area contributed by atoms with Crippen LogP contribution in [0.5, 0.6) is 0 Å². The molecule has 0 fully saturated rings. The van der Waals surface area contributed by atoms with Crippen molar-refractivity contribution in [3.63, 3.8) is 0 Å². The third kappa shape index (κ3) is 2.72.